The van der Waals surface area contributed by atoms with Gasteiger partial charge in [0.15, 0.2) is 4.90 Å². The van der Waals surface area contributed by atoms with Gasteiger partial charge in [0.2, 0.25) is 0 Å². The molecule has 2 N–H and O–H groups in total. The Hall–Kier alpha value is -2.02. The van der Waals surface area contributed by atoms with E-state index in [-0.39, 0.29) is 0 Å². The first kappa shape index (κ1) is 17.8. The molecule has 0 bridgehead atoms. The van der Waals surface area contributed by atoms with E-state index in [4.69, 9.17) is 5.73 Å². The van der Waals surface area contributed by atoms with Crippen LogP contribution >= 0.6 is 0 Å². The van der Waals surface area contributed by atoms with Gasteiger partial charge in [0, 0.05) is 31.4 Å². The van der Waals surface area contributed by atoms with Crippen LogP contribution < -0.4 is 10.6 Å². The second kappa shape index (κ2) is 7.47. The number of rotatable bonds is 4. The Morgan fingerprint density at radius 1 is 1.20 bits per heavy atom. The van der Waals surface area contributed by atoms with Gasteiger partial charge in [-0.1, -0.05) is 30.3 Å². The molecule has 6 heteroatoms. The summed E-state index contributed by atoms with van der Waals surface area (Å²) in [6, 6.07) is 16.1. The number of hydrogen-bond acceptors (Lipinski definition) is 4. The molecule has 25 heavy (non-hydrogen) atoms. The van der Waals surface area contributed by atoms with Crippen molar-refractivity contribution in [3.63, 3.8) is 0 Å². The Kier molecular flexibility index (Phi) is 5.32. The Bertz CT molecular complexity index is 752. The first-order valence-electron chi connectivity index (χ1n) is 8.25. The zero-order chi connectivity index (χ0) is 18.0. The van der Waals surface area contributed by atoms with Gasteiger partial charge in [-0.15, -0.1) is 0 Å². The molecule has 1 aliphatic rings. The van der Waals surface area contributed by atoms with Gasteiger partial charge < -0.3 is 15.2 Å². The molecule has 2 aromatic carbocycles. The lowest BCUT2D eigenvalue weighted by molar-refractivity contribution is 0.0997. The van der Waals surface area contributed by atoms with E-state index in [9.17, 15) is 9.35 Å². The zero-order valence-electron chi connectivity index (χ0n) is 14.5. The number of hydrogen-bond donors (Lipinski definition) is 1. The number of nitrogens with zero attached hydrogens (tertiary/aromatic N) is 2. The lowest BCUT2D eigenvalue weighted by Crippen LogP contribution is -2.46. The average Bonchev–Trinajstić information content (AvgIpc) is 2.62. The zero-order valence-corrected chi connectivity index (χ0v) is 15.3. The number of carbonyl (C=O) groups is 1. The molecule has 0 radical (unpaired) electrons. The van der Waals surface area contributed by atoms with Crippen LogP contribution in [-0.2, 0) is 11.2 Å². The van der Waals surface area contributed by atoms with Gasteiger partial charge in [-0.25, -0.2) is 0 Å². The van der Waals surface area contributed by atoms with Crippen LogP contribution in [0.4, 0.5) is 5.69 Å². The summed E-state index contributed by atoms with van der Waals surface area (Å²) in [7, 11) is 2.14. The van der Waals surface area contributed by atoms with E-state index in [0.717, 1.165) is 25.3 Å². The van der Waals surface area contributed by atoms with Crippen molar-refractivity contribution in [3.8, 4) is 0 Å². The van der Waals surface area contributed by atoms with E-state index in [0.29, 0.717) is 16.5 Å². The fourth-order valence-corrected chi connectivity index (χ4v) is 4.06. The van der Waals surface area contributed by atoms with Crippen molar-refractivity contribution in [2.24, 2.45) is 5.73 Å². The van der Waals surface area contributed by atoms with Gasteiger partial charge >= 0.3 is 0 Å². The van der Waals surface area contributed by atoms with Crippen molar-refractivity contribution in [2.75, 3.05) is 37.8 Å². The highest BCUT2D eigenvalue weighted by atomic mass is 32.2. The standard InChI is InChI=1S/C19H23N3O2S/c1-21-10-11-22(13-17(21)14-6-4-3-5-7-14)15-8-9-16(19(20)23)18(12-15)25(2)24/h3-9,12,17H,10-11,13H2,1-2H3,(H2,20,23). The molecule has 1 amide bonds. The highest BCUT2D eigenvalue weighted by Gasteiger charge is 2.27. The third kappa shape index (κ3) is 3.81. The molecule has 1 fully saturated rings. The fraction of sp³-hybridized carbons (Fsp3) is 0.316. The molecule has 1 saturated heterocycles. The predicted octanol–water partition coefficient (Wildman–Crippen LogP) is 2.02. The number of benzene rings is 2. The van der Waals surface area contributed by atoms with Gasteiger partial charge in [0.25, 0.3) is 5.91 Å². The van der Waals surface area contributed by atoms with Gasteiger partial charge in [0.1, 0.15) is 6.26 Å². The van der Waals surface area contributed by atoms with Crippen LogP contribution in [0.1, 0.15) is 22.0 Å². The molecule has 132 valence electrons. The SMILES string of the molecule is CN1CCN(c2ccc(C(N)=O)c([S+](C)[O-])c2)CC1c1ccccc1. The Morgan fingerprint density at radius 3 is 2.56 bits per heavy atom. The van der Waals surface area contributed by atoms with Crippen LogP contribution in [0, 0.1) is 0 Å². The van der Waals surface area contributed by atoms with Crippen molar-refractivity contribution in [1.82, 2.24) is 4.90 Å². The first-order chi connectivity index (χ1) is 12.0. The van der Waals surface area contributed by atoms with Gasteiger partial charge in [0.05, 0.1) is 11.6 Å². The number of amides is 1. The molecule has 0 aliphatic carbocycles. The van der Waals surface area contributed by atoms with E-state index < -0.39 is 17.1 Å². The molecule has 2 unspecified atom stereocenters. The van der Waals surface area contributed by atoms with E-state index in [1.54, 1.807) is 12.3 Å². The van der Waals surface area contributed by atoms with Crippen LogP contribution in [0.15, 0.2) is 53.4 Å². The predicted molar refractivity (Wildman–Crippen MR) is 101 cm³/mol. The molecule has 2 aromatic rings. The Morgan fingerprint density at radius 2 is 1.92 bits per heavy atom. The third-order valence-corrected chi connectivity index (χ3v) is 5.69. The molecule has 2 atom stereocenters. The molecule has 0 spiro atoms. The van der Waals surface area contributed by atoms with Gasteiger partial charge in [-0.2, -0.15) is 0 Å². The second-order valence-electron chi connectivity index (χ2n) is 6.35. The van der Waals surface area contributed by atoms with Gasteiger partial charge in [-0.3, -0.25) is 9.69 Å². The van der Waals surface area contributed by atoms with Crippen molar-refractivity contribution in [1.29, 1.82) is 0 Å². The summed E-state index contributed by atoms with van der Waals surface area (Å²) in [6.45, 7) is 2.65. The average molecular weight is 357 g/mol. The summed E-state index contributed by atoms with van der Waals surface area (Å²) in [5, 5.41) is 0. The number of likely N-dealkylation sites (N-methyl/N-ethyl adjacent to an activating group) is 1. The molecule has 3 rings (SSSR count). The number of piperazine rings is 1. The number of anilines is 1. The molecule has 1 aliphatic heterocycles. The maximum Gasteiger partial charge on any atom is 0.253 e. The maximum atomic E-state index is 12.0. The lowest BCUT2D eigenvalue weighted by atomic mass is 10.0. The quantitative estimate of drug-likeness (QED) is 0.850. The monoisotopic (exact) mass is 357 g/mol. The normalized spacial score (nSPS) is 19.6. The van der Waals surface area contributed by atoms with Crippen LogP contribution in [0.2, 0.25) is 0 Å². The summed E-state index contributed by atoms with van der Waals surface area (Å²) in [5.41, 5.74) is 7.99. The van der Waals surface area contributed by atoms with E-state index in [1.165, 1.54) is 5.56 Å². The molecule has 1 heterocycles. The van der Waals surface area contributed by atoms with Gasteiger partial charge in [-0.05, 0) is 35.9 Å². The fourth-order valence-electron chi connectivity index (χ4n) is 3.29. The van der Waals surface area contributed by atoms with Crippen LogP contribution in [0.5, 0.6) is 0 Å². The van der Waals surface area contributed by atoms with Crippen LogP contribution in [0.25, 0.3) is 0 Å². The Labute approximate surface area is 151 Å². The Balaban J connectivity index is 1.89. The number of primary amides is 1. The maximum absolute atomic E-state index is 12.0. The van der Waals surface area contributed by atoms with E-state index in [1.807, 2.05) is 18.2 Å². The molecule has 5 nitrogen and oxygen atoms in total. The summed E-state index contributed by atoms with van der Waals surface area (Å²) < 4.78 is 12.0. The minimum atomic E-state index is -1.27. The minimum Gasteiger partial charge on any atom is -0.612 e. The minimum absolute atomic E-state index is 0.293. The van der Waals surface area contributed by atoms with Crippen molar-refractivity contribution < 1.29 is 9.35 Å². The molecule has 0 aromatic heterocycles. The number of nitrogens with two attached hydrogens (primary N) is 1. The summed E-state index contributed by atoms with van der Waals surface area (Å²) in [5.74, 6) is -0.544. The number of carbonyl (C=O) groups excluding carboxylic acids is 1. The van der Waals surface area contributed by atoms with E-state index >= 15 is 0 Å². The molecule has 0 saturated carbocycles. The molecular weight excluding hydrogens is 334 g/mol. The smallest absolute Gasteiger partial charge is 0.253 e. The first-order valence-corrected chi connectivity index (χ1v) is 9.80. The summed E-state index contributed by atoms with van der Waals surface area (Å²) in [4.78, 5) is 16.7. The highest BCUT2D eigenvalue weighted by molar-refractivity contribution is 7.90. The summed E-state index contributed by atoms with van der Waals surface area (Å²) >= 11 is -1.27. The largest absolute Gasteiger partial charge is 0.612 e. The van der Waals surface area contributed by atoms with Crippen molar-refractivity contribution in [3.05, 3.63) is 59.7 Å². The van der Waals surface area contributed by atoms with Crippen LogP contribution in [0.3, 0.4) is 0 Å². The van der Waals surface area contributed by atoms with Crippen molar-refractivity contribution >= 4 is 22.8 Å². The molecular formula is C19H23N3O2S. The van der Waals surface area contributed by atoms with E-state index in [2.05, 4.69) is 41.1 Å². The highest BCUT2D eigenvalue weighted by Crippen LogP contribution is 2.29. The van der Waals surface area contributed by atoms with Crippen LogP contribution in [-0.4, -0.2) is 48.3 Å². The third-order valence-electron chi connectivity index (χ3n) is 4.74. The second-order valence-corrected chi connectivity index (χ2v) is 7.70. The van der Waals surface area contributed by atoms with Crippen molar-refractivity contribution in [2.45, 2.75) is 10.9 Å². The summed E-state index contributed by atoms with van der Waals surface area (Å²) in [6.07, 6.45) is 1.57. The topological polar surface area (TPSA) is 72.6 Å². The lowest BCUT2D eigenvalue weighted by Gasteiger charge is -2.41.